The summed E-state index contributed by atoms with van der Waals surface area (Å²) in [7, 11) is 1.56. The number of methoxy groups -OCH3 is 1. The fourth-order valence-corrected chi connectivity index (χ4v) is 2.37. The monoisotopic (exact) mass is 302 g/mol. The van der Waals surface area contributed by atoms with E-state index in [1.54, 1.807) is 19.2 Å². The summed E-state index contributed by atoms with van der Waals surface area (Å²) in [5, 5.41) is 2.13. The molecule has 0 saturated carbocycles. The molecule has 7 heteroatoms. The van der Waals surface area contributed by atoms with Crippen LogP contribution in [0, 0.1) is 0 Å². The second-order valence-electron chi connectivity index (χ2n) is 4.86. The summed E-state index contributed by atoms with van der Waals surface area (Å²) >= 11 is 0. The molecule has 0 saturated heterocycles. The average Bonchev–Trinajstić information content (AvgIpc) is 2.44. The smallest absolute Gasteiger partial charge is 0.401 e. The quantitative estimate of drug-likeness (QED) is 0.926. The molecule has 2 rings (SSSR count). The van der Waals surface area contributed by atoms with Crippen LogP contribution in [-0.4, -0.2) is 38.8 Å². The van der Waals surface area contributed by atoms with Gasteiger partial charge in [-0.3, -0.25) is 4.79 Å². The number of carbonyl (C=O) groups is 1. The van der Waals surface area contributed by atoms with Crippen LogP contribution in [0.25, 0.3) is 0 Å². The Balaban J connectivity index is 2.03. The number of carbonyl (C=O) groups excluding carboxylic acids is 1. The minimum absolute atomic E-state index is 0.328. The number of amides is 1. The molecule has 0 aliphatic carbocycles. The van der Waals surface area contributed by atoms with E-state index in [1.165, 1.54) is 4.90 Å². The molecule has 0 bridgehead atoms. The fourth-order valence-electron chi connectivity index (χ4n) is 2.37. The molecule has 0 atom stereocenters. The lowest BCUT2D eigenvalue weighted by Gasteiger charge is -2.30. The number of halogens is 3. The maximum Gasteiger partial charge on any atom is 0.401 e. The zero-order valence-corrected chi connectivity index (χ0v) is 11.7. The van der Waals surface area contributed by atoms with E-state index in [0.29, 0.717) is 12.3 Å². The van der Waals surface area contributed by atoms with Crippen molar-refractivity contribution in [2.45, 2.75) is 19.0 Å². The number of nitrogens with one attached hydrogen (secondary N) is 1. The Kier molecular flexibility index (Phi) is 4.72. The predicted molar refractivity (Wildman–Crippen MR) is 72.6 cm³/mol. The first-order valence-corrected chi connectivity index (χ1v) is 6.65. The number of aryl methyl sites for hydroxylation is 1. The Hall–Kier alpha value is -1.76. The van der Waals surface area contributed by atoms with E-state index in [0.717, 1.165) is 24.1 Å². The number of fused-ring (bicyclic) bond motifs is 1. The molecule has 1 amide bonds. The summed E-state index contributed by atoms with van der Waals surface area (Å²) in [6.45, 7) is -0.973. The third kappa shape index (κ3) is 4.10. The van der Waals surface area contributed by atoms with Crippen LogP contribution in [0.1, 0.15) is 12.0 Å². The number of rotatable bonds is 4. The largest absolute Gasteiger partial charge is 0.497 e. The molecule has 1 aromatic rings. The molecule has 1 aliphatic rings. The van der Waals surface area contributed by atoms with Gasteiger partial charge in [-0.05, 0) is 36.6 Å². The van der Waals surface area contributed by atoms with Crippen molar-refractivity contribution in [3.8, 4) is 5.75 Å². The molecule has 1 N–H and O–H groups in total. The zero-order valence-electron chi connectivity index (χ0n) is 11.7. The minimum Gasteiger partial charge on any atom is -0.497 e. The first-order chi connectivity index (χ1) is 9.90. The normalized spacial score (nSPS) is 14.8. The van der Waals surface area contributed by atoms with E-state index in [1.807, 2.05) is 6.07 Å². The van der Waals surface area contributed by atoms with E-state index < -0.39 is 12.7 Å². The molecule has 1 aliphatic heterocycles. The summed E-state index contributed by atoms with van der Waals surface area (Å²) in [5.74, 6) is 0.351. The number of nitrogens with zero attached hydrogens (tertiary/aromatic N) is 1. The summed E-state index contributed by atoms with van der Waals surface area (Å²) < 4.78 is 41.3. The van der Waals surface area contributed by atoms with Crippen LogP contribution in [0.3, 0.4) is 0 Å². The molecular formula is C14H17F3N2O2. The summed E-state index contributed by atoms with van der Waals surface area (Å²) in [6, 6.07) is 5.38. The van der Waals surface area contributed by atoms with E-state index in [-0.39, 0.29) is 12.5 Å². The number of ether oxygens (including phenoxy) is 1. The van der Waals surface area contributed by atoms with Gasteiger partial charge >= 0.3 is 6.18 Å². The van der Waals surface area contributed by atoms with Crippen LogP contribution in [0.2, 0.25) is 0 Å². The minimum atomic E-state index is -4.31. The third-order valence-electron chi connectivity index (χ3n) is 3.31. The van der Waals surface area contributed by atoms with Crippen molar-refractivity contribution in [2.24, 2.45) is 0 Å². The molecule has 0 radical (unpaired) electrons. The highest BCUT2D eigenvalue weighted by Crippen LogP contribution is 2.30. The molecule has 0 aromatic heterocycles. The molecule has 1 heterocycles. The number of hydrogen-bond acceptors (Lipinski definition) is 3. The second kappa shape index (κ2) is 6.34. The Morgan fingerprint density at radius 2 is 2.19 bits per heavy atom. The molecular weight excluding hydrogens is 285 g/mol. The van der Waals surface area contributed by atoms with Crippen molar-refractivity contribution >= 4 is 11.6 Å². The van der Waals surface area contributed by atoms with Gasteiger partial charge in [0.1, 0.15) is 5.75 Å². The molecule has 0 unspecified atom stereocenters. The van der Waals surface area contributed by atoms with Gasteiger partial charge in [0.2, 0.25) is 5.91 Å². The highest BCUT2D eigenvalue weighted by Gasteiger charge is 2.28. The molecule has 0 spiro atoms. The standard InChI is InChI=1S/C14H17F3N2O2/c1-21-11-4-5-12-10(7-11)3-2-6-19(12)13(20)8-18-9-14(15,16)17/h4-5,7,18H,2-3,6,8-9H2,1H3. The van der Waals surface area contributed by atoms with Gasteiger partial charge in [0.15, 0.2) is 0 Å². The SMILES string of the molecule is COc1ccc2c(c1)CCCN2C(=O)CNCC(F)(F)F. The van der Waals surface area contributed by atoms with Gasteiger partial charge in [-0.25, -0.2) is 0 Å². The Labute approximate surface area is 120 Å². The van der Waals surface area contributed by atoms with Gasteiger partial charge in [-0.1, -0.05) is 0 Å². The van der Waals surface area contributed by atoms with Crippen LogP contribution in [0.15, 0.2) is 18.2 Å². The highest BCUT2D eigenvalue weighted by atomic mass is 19.4. The van der Waals surface area contributed by atoms with Crippen molar-refractivity contribution in [3.05, 3.63) is 23.8 Å². The van der Waals surface area contributed by atoms with Gasteiger partial charge in [0.25, 0.3) is 0 Å². The van der Waals surface area contributed by atoms with Crippen LogP contribution in [0.5, 0.6) is 5.75 Å². The van der Waals surface area contributed by atoms with E-state index in [2.05, 4.69) is 5.32 Å². The second-order valence-corrected chi connectivity index (χ2v) is 4.86. The topological polar surface area (TPSA) is 41.6 Å². The van der Waals surface area contributed by atoms with Gasteiger partial charge in [-0.2, -0.15) is 13.2 Å². The molecule has 1 aromatic carbocycles. The fraction of sp³-hybridized carbons (Fsp3) is 0.500. The number of alkyl halides is 3. The van der Waals surface area contributed by atoms with Crippen molar-refractivity contribution in [1.29, 1.82) is 0 Å². The number of benzene rings is 1. The Bertz CT molecular complexity index is 517. The van der Waals surface area contributed by atoms with Gasteiger partial charge in [0, 0.05) is 12.2 Å². The van der Waals surface area contributed by atoms with E-state index in [9.17, 15) is 18.0 Å². The molecule has 21 heavy (non-hydrogen) atoms. The van der Waals surface area contributed by atoms with Crippen molar-refractivity contribution in [3.63, 3.8) is 0 Å². The van der Waals surface area contributed by atoms with Crippen molar-refractivity contribution in [1.82, 2.24) is 5.32 Å². The molecule has 0 fully saturated rings. The maximum atomic E-state index is 12.1. The first kappa shape index (κ1) is 15.6. The van der Waals surface area contributed by atoms with Gasteiger partial charge in [0.05, 0.1) is 20.2 Å². The lowest BCUT2D eigenvalue weighted by atomic mass is 10.0. The summed E-state index contributed by atoms with van der Waals surface area (Å²) in [5.41, 5.74) is 1.73. The van der Waals surface area contributed by atoms with Crippen molar-refractivity contribution < 1.29 is 22.7 Å². The Morgan fingerprint density at radius 1 is 1.43 bits per heavy atom. The number of anilines is 1. The third-order valence-corrected chi connectivity index (χ3v) is 3.31. The molecule has 4 nitrogen and oxygen atoms in total. The average molecular weight is 302 g/mol. The summed E-state index contributed by atoms with van der Waals surface area (Å²) in [6.07, 6.45) is -2.70. The molecule has 116 valence electrons. The van der Waals surface area contributed by atoms with Gasteiger partial charge in [-0.15, -0.1) is 0 Å². The number of hydrogen-bond donors (Lipinski definition) is 1. The lowest BCUT2D eigenvalue weighted by Crippen LogP contribution is -2.43. The summed E-state index contributed by atoms with van der Waals surface area (Å²) in [4.78, 5) is 13.6. The van der Waals surface area contributed by atoms with E-state index in [4.69, 9.17) is 4.74 Å². The maximum absolute atomic E-state index is 12.1. The Morgan fingerprint density at radius 3 is 2.86 bits per heavy atom. The van der Waals surface area contributed by atoms with Gasteiger partial charge < -0.3 is 15.0 Å². The first-order valence-electron chi connectivity index (χ1n) is 6.65. The van der Waals surface area contributed by atoms with Crippen molar-refractivity contribution in [2.75, 3.05) is 31.6 Å². The van der Waals surface area contributed by atoms with Crippen LogP contribution in [-0.2, 0) is 11.2 Å². The predicted octanol–water partition coefficient (Wildman–Crippen LogP) is 2.13. The highest BCUT2D eigenvalue weighted by molar-refractivity contribution is 5.96. The van der Waals surface area contributed by atoms with Crippen LogP contribution < -0.4 is 15.0 Å². The lowest BCUT2D eigenvalue weighted by molar-refractivity contribution is -0.127. The van der Waals surface area contributed by atoms with Crippen LogP contribution >= 0.6 is 0 Å². The zero-order chi connectivity index (χ0) is 15.5. The van der Waals surface area contributed by atoms with Crippen LogP contribution in [0.4, 0.5) is 18.9 Å². The van der Waals surface area contributed by atoms with E-state index >= 15 is 0 Å².